The van der Waals surface area contributed by atoms with Gasteiger partial charge in [-0.2, -0.15) is 4.98 Å². The number of thioether (sulfide) groups is 1. The van der Waals surface area contributed by atoms with Crippen molar-refractivity contribution in [3.63, 3.8) is 0 Å². The van der Waals surface area contributed by atoms with Crippen molar-refractivity contribution in [2.24, 2.45) is 0 Å². The summed E-state index contributed by atoms with van der Waals surface area (Å²) in [6, 6.07) is 10.2. The SMILES string of the molecule is CC(=O)Nc1ccn(C2CS[C@H](COC(=O)c3ccccc3)O2)c(=O)n1. The number of aromatic nitrogens is 2. The third kappa shape index (κ3) is 4.50. The minimum atomic E-state index is -0.524. The molecule has 1 aliphatic rings. The first-order chi connectivity index (χ1) is 12.5. The van der Waals surface area contributed by atoms with Crippen LogP contribution in [0.25, 0.3) is 0 Å². The molecule has 1 aromatic heterocycles. The second kappa shape index (κ2) is 8.15. The summed E-state index contributed by atoms with van der Waals surface area (Å²) in [4.78, 5) is 38.8. The number of amides is 1. The summed E-state index contributed by atoms with van der Waals surface area (Å²) >= 11 is 1.45. The van der Waals surface area contributed by atoms with Gasteiger partial charge in [-0.1, -0.05) is 18.2 Å². The van der Waals surface area contributed by atoms with E-state index in [0.29, 0.717) is 11.3 Å². The summed E-state index contributed by atoms with van der Waals surface area (Å²) in [6.45, 7) is 1.42. The molecule has 1 saturated heterocycles. The maximum Gasteiger partial charge on any atom is 0.351 e. The highest BCUT2D eigenvalue weighted by molar-refractivity contribution is 8.00. The summed E-state index contributed by atoms with van der Waals surface area (Å²) < 4.78 is 12.4. The zero-order valence-corrected chi connectivity index (χ0v) is 14.8. The molecule has 0 bridgehead atoms. The molecule has 1 aromatic carbocycles. The molecule has 3 rings (SSSR count). The molecule has 0 spiro atoms. The quantitative estimate of drug-likeness (QED) is 0.793. The molecular formula is C17H17N3O5S. The van der Waals surface area contributed by atoms with Crippen molar-refractivity contribution in [1.82, 2.24) is 9.55 Å². The Morgan fingerprint density at radius 3 is 2.81 bits per heavy atom. The average Bonchev–Trinajstić information content (AvgIpc) is 3.08. The van der Waals surface area contributed by atoms with Gasteiger partial charge in [-0.25, -0.2) is 9.59 Å². The third-order valence-corrected chi connectivity index (χ3v) is 4.63. The normalized spacial score (nSPS) is 19.1. The minimum Gasteiger partial charge on any atom is -0.458 e. The summed E-state index contributed by atoms with van der Waals surface area (Å²) in [5.41, 5.74) is -0.417. The van der Waals surface area contributed by atoms with Crippen LogP contribution >= 0.6 is 11.8 Å². The molecule has 1 aliphatic heterocycles. The van der Waals surface area contributed by atoms with Gasteiger partial charge in [0, 0.05) is 18.9 Å². The van der Waals surface area contributed by atoms with Crippen molar-refractivity contribution >= 4 is 29.5 Å². The first-order valence-electron chi connectivity index (χ1n) is 7.89. The number of hydrogen-bond acceptors (Lipinski definition) is 7. The van der Waals surface area contributed by atoms with Gasteiger partial charge in [0.05, 0.1) is 5.56 Å². The number of hydrogen-bond donors (Lipinski definition) is 1. The first-order valence-corrected chi connectivity index (χ1v) is 8.94. The Bertz CT molecular complexity index is 855. The summed E-state index contributed by atoms with van der Waals surface area (Å²) in [6.07, 6.45) is 1.01. The number of rotatable bonds is 5. The number of nitrogens with one attached hydrogen (secondary N) is 1. The van der Waals surface area contributed by atoms with Crippen LogP contribution < -0.4 is 11.0 Å². The van der Waals surface area contributed by atoms with E-state index in [1.165, 1.54) is 35.5 Å². The van der Waals surface area contributed by atoms with Gasteiger partial charge in [0.15, 0.2) is 0 Å². The van der Waals surface area contributed by atoms with Crippen molar-refractivity contribution < 1.29 is 19.1 Å². The fraction of sp³-hybridized carbons (Fsp3) is 0.294. The van der Waals surface area contributed by atoms with Gasteiger partial charge >= 0.3 is 11.7 Å². The van der Waals surface area contributed by atoms with Crippen LogP contribution in [0.15, 0.2) is 47.4 Å². The largest absolute Gasteiger partial charge is 0.458 e. The van der Waals surface area contributed by atoms with Gasteiger partial charge in [-0.3, -0.25) is 9.36 Å². The highest BCUT2D eigenvalue weighted by Crippen LogP contribution is 2.31. The molecule has 1 amide bonds. The monoisotopic (exact) mass is 375 g/mol. The summed E-state index contributed by atoms with van der Waals surface area (Å²) in [5.74, 6) is -0.00802. The minimum absolute atomic E-state index is 0.0844. The van der Waals surface area contributed by atoms with Gasteiger partial charge < -0.3 is 14.8 Å². The van der Waals surface area contributed by atoms with Gasteiger partial charge in [0.1, 0.15) is 24.1 Å². The lowest BCUT2D eigenvalue weighted by molar-refractivity contribution is -0.114. The average molecular weight is 375 g/mol. The standard InChI is InChI=1S/C17H17N3O5S/c1-11(21)18-13-7-8-20(17(23)19-13)14-10-26-15(25-14)9-24-16(22)12-5-3-2-4-6-12/h2-8,14-15H,9-10H2,1H3,(H,18,19,21,23)/t14?,15-/m1/s1. The molecule has 26 heavy (non-hydrogen) atoms. The van der Waals surface area contributed by atoms with Crippen molar-refractivity contribution in [2.75, 3.05) is 17.7 Å². The molecule has 1 unspecified atom stereocenters. The zero-order valence-electron chi connectivity index (χ0n) is 14.0. The fourth-order valence-corrected chi connectivity index (χ4v) is 3.35. The molecular weight excluding hydrogens is 358 g/mol. The molecule has 9 heteroatoms. The summed E-state index contributed by atoms with van der Waals surface area (Å²) in [7, 11) is 0. The molecule has 0 radical (unpaired) electrons. The number of carbonyl (C=O) groups excluding carboxylic acids is 2. The molecule has 2 atom stereocenters. The number of esters is 1. The highest BCUT2D eigenvalue weighted by atomic mass is 32.2. The molecule has 0 saturated carbocycles. The predicted octanol–water partition coefficient (Wildman–Crippen LogP) is 1.65. The number of benzene rings is 1. The first kappa shape index (κ1) is 18.2. The maximum absolute atomic E-state index is 12.1. The third-order valence-electron chi connectivity index (χ3n) is 3.54. The molecule has 1 fully saturated rings. The van der Waals surface area contributed by atoms with Crippen LogP contribution in [0.1, 0.15) is 23.5 Å². The topological polar surface area (TPSA) is 99.5 Å². The Balaban J connectivity index is 1.56. The lowest BCUT2D eigenvalue weighted by Crippen LogP contribution is -2.29. The molecule has 8 nitrogen and oxygen atoms in total. The van der Waals surface area contributed by atoms with Gasteiger partial charge in [-0.05, 0) is 18.2 Å². The second-order valence-electron chi connectivity index (χ2n) is 5.50. The second-order valence-corrected chi connectivity index (χ2v) is 6.69. The molecule has 0 aliphatic carbocycles. The van der Waals surface area contributed by atoms with Crippen molar-refractivity contribution in [3.05, 3.63) is 58.6 Å². The van der Waals surface area contributed by atoms with Crippen molar-refractivity contribution in [2.45, 2.75) is 18.6 Å². The Morgan fingerprint density at radius 1 is 1.35 bits per heavy atom. The van der Waals surface area contributed by atoms with Gasteiger partial charge in [-0.15, -0.1) is 11.8 Å². The van der Waals surface area contributed by atoms with E-state index in [1.54, 1.807) is 24.3 Å². The Kier molecular flexibility index (Phi) is 5.69. The predicted molar refractivity (Wildman–Crippen MR) is 95.9 cm³/mol. The van der Waals surface area contributed by atoms with E-state index in [-0.39, 0.29) is 23.8 Å². The van der Waals surface area contributed by atoms with Crippen molar-refractivity contribution in [1.29, 1.82) is 0 Å². The Morgan fingerprint density at radius 2 is 2.12 bits per heavy atom. The van der Waals surface area contributed by atoms with Crippen LogP contribution in [0, 0.1) is 0 Å². The van der Waals surface area contributed by atoms with Crippen LogP contribution in [0.4, 0.5) is 5.82 Å². The lowest BCUT2D eigenvalue weighted by atomic mass is 10.2. The van der Waals surface area contributed by atoms with Gasteiger partial charge in [0.25, 0.3) is 0 Å². The zero-order chi connectivity index (χ0) is 18.5. The Hall–Kier alpha value is -2.65. The molecule has 2 aromatic rings. The number of nitrogens with zero attached hydrogens (tertiary/aromatic N) is 2. The van der Waals surface area contributed by atoms with E-state index in [2.05, 4.69) is 10.3 Å². The van der Waals surface area contributed by atoms with Crippen LogP contribution in [0.5, 0.6) is 0 Å². The van der Waals surface area contributed by atoms with E-state index < -0.39 is 17.9 Å². The maximum atomic E-state index is 12.1. The summed E-state index contributed by atoms with van der Waals surface area (Å²) in [5, 5.41) is 2.45. The van der Waals surface area contributed by atoms with E-state index in [0.717, 1.165) is 0 Å². The Labute approximate surface area is 153 Å². The van der Waals surface area contributed by atoms with Crippen LogP contribution in [-0.4, -0.2) is 39.2 Å². The van der Waals surface area contributed by atoms with Crippen LogP contribution in [0.2, 0.25) is 0 Å². The smallest absolute Gasteiger partial charge is 0.351 e. The molecule has 2 heterocycles. The number of anilines is 1. The number of carbonyl (C=O) groups is 2. The fourth-order valence-electron chi connectivity index (χ4n) is 2.36. The lowest BCUT2D eigenvalue weighted by Gasteiger charge is -2.15. The van der Waals surface area contributed by atoms with Gasteiger partial charge in [0.2, 0.25) is 5.91 Å². The van der Waals surface area contributed by atoms with Crippen molar-refractivity contribution in [3.8, 4) is 0 Å². The number of ether oxygens (including phenoxy) is 2. The van der Waals surface area contributed by atoms with E-state index >= 15 is 0 Å². The van der Waals surface area contributed by atoms with E-state index in [4.69, 9.17) is 9.47 Å². The van der Waals surface area contributed by atoms with Crippen LogP contribution in [0.3, 0.4) is 0 Å². The van der Waals surface area contributed by atoms with Crippen LogP contribution in [-0.2, 0) is 14.3 Å². The molecule has 1 N–H and O–H groups in total. The molecule has 136 valence electrons. The highest BCUT2D eigenvalue weighted by Gasteiger charge is 2.29. The van der Waals surface area contributed by atoms with E-state index in [9.17, 15) is 14.4 Å². The van der Waals surface area contributed by atoms with E-state index in [1.807, 2.05) is 6.07 Å².